The highest BCUT2D eigenvalue weighted by Crippen LogP contribution is 2.30. The van der Waals surface area contributed by atoms with Gasteiger partial charge in [0.15, 0.2) is 11.3 Å². The summed E-state index contributed by atoms with van der Waals surface area (Å²) in [4.78, 5) is 11.6. The molecule has 138 valence electrons. The summed E-state index contributed by atoms with van der Waals surface area (Å²) < 4.78 is 41.5. The Kier molecular flexibility index (Phi) is 4.11. The van der Waals surface area contributed by atoms with Gasteiger partial charge in [0.05, 0.1) is 11.9 Å². The lowest BCUT2D eigenvalue weighted by atomic mass is 10.1. The van der Waals surface area contributed by atoms with Crippen molar-refractivity contribution in [3.05, 3.63) is 59.4 Å². The van der Waals surface area contributed by atoms with Gasteiger partial charge in [-0.25, -0.2) is 9.97 Å². The first-order valence-corrected chi connectivity index (χ1v) is 8.23. The maximum absolute atomic E-state index is 12.8. The van der Waals surface area contributed by atoms with Gasteiger partial charge in [-0.1, -0.05) is 24.3 Å². The van der Waals surface area contributed by atoms with E-state index in [0.29, 0.717) is 17.8 Å². The van der Waals surface area contributed by atoms with E-state index >= 15 is 0 Å². The predicted molar refractivity (Wildman–Crippen MR) is 93.1 cm³/mol. The zero-order valence-electron chi connectivity index (χ0n) is 13.9. The van der Waals surface area contributed by atoms with Gasteiger partial charge < -0.3 is 4.57 Å². The van der Waals surface area contributed by atoms with Crippen LogP contribution in [0.25, 0.3) is 22.4 Å². The van der Waals surface area contributed by atoms with Gasteiger partial charge in [-0.2, -0.15) is 23.3 Å². The molecule has 0 atom stereocenters. The van der Waals surface area contributed by atoms with Crippen LogP contribution in [0, 0.1) is 0 Å². The predicted octanol–water partition coefficient (Wildman–Crippen LogP) is 3.95. The van der Waals surface area contributed by atoms with Gasteiger partial charge >= 0.3 is 6.18 Å². The third-order valence-electron chi connectivity index (χ3n) is 4.00. The molecule has 3 aromatic heterocycles. The molecule has 10 heteroatoms. The molecule has 0 aliphatic rings. The van der Waals surface area contributed by atoms with Crippen molar-refractivity contribution in [3.8, 4) is 11.4 Å². The van der Waals surface area contributed by atoms with Crippen molar-refractivity contribution in [1.29, 1.82) is 0 Å². The molecule has 1 aromatic carbocycles. The Morgan fingerprint density at radius 2 is 1.81 bits per heavy atom. The van der Waals surface area contributed by atoms with Crippen LogP contribution in [-0.4, -0.2) is 29.3 Å². The van der Waals surface area contributed by atoms with Crippen LogP contribution in [0.5, 0.6) is 0 Å². The summed E-state index contributed by atoms with van der Waals surface area (Å²) in [6.07, 6.45) is -0.0982. The maximum Gasteiger partial charge on any atom is 0.434 e. The molecule has 3 heterocycles. The summed E-state index contributed by atoms with van der Waals surface area (Å²) >= 11 is 5.76. The van der Waals surface area contributed by atoms with Crippen LogP contribution in [0.15, 0.2) is 42.9 Å². The average molecular weight is 393 g/mol. The number of hydrogen-bond donors (Lipinski definition) is 0. The highest BCUT2D eigenvalue weighted by molar-refractivity contribution is 6.28. The first kappa shape index (κ1) is 17.5. The van der Waals surface area contributed by atoms with Gasteiger partial charge in [0.2, 0.25) is 5.28 Å². The van der Waals surface area contributed by atoms with E-state index in [9.17, 15) is 13.2 Å². The summed E-state index contributed by atoms with van der Waals surface area (Å²) in [5, 5.41) is 5.23. The fraction of sp³-hybridized carbons (Fsp3) is 0.176. The first-order valence-electron chi connectivity index (χ1n) is 7.85. The molecule has 0 unspecified atom stereocenters. The van der Waals surface area contributed by atoms with Crippen LogP contribution in [-0.2, 0) is 19.8 Å². The van der Waals surface area contributed by atoms with Crippen LogP contribution in [0.1, 0.15) is 11.3 Å². The number of rotatable bonds is 3. The molecule has 0 aliphatic heterocycles. The van der Waals surface area contributed by atoms with Crippen molar-refractivity contribution in [3.63, 3.8) is 0 Å². The zero-order chi connectivity index (χ0) is 19.2. The summed E-state index contributed by atoms with van der Waals surface area (Å²) in [6.45, 7) is 0.475. The number of nitrogens with zero attached hydrogens (tertiary/aromatic N) is 6. The minimum Gasteiger partial charge on any atom is -0.333 e. The van der Waals surface area contributed by atoms with Crippen molar-refractivity contribution in [1.82, 2.24) is 29.3 Å². The number of alkyl halides is 3. The van der Waals surface area contributed by atoms with E-state index in [-0.39, 0.29) is 11.1 Å². The van der Waals surface area contributed by atoms with Crippen molar-refractivity contribution < 1.29 is 13.2 Å². The third kappa shape index (κ3) is 3.50. The Labute approximate surface area is 156 Å². The summed E-state index contributed by atoms with van der Waals surface area (Å²) in [5.41, 5.74) is 1.11. The van der Waals surface area contributed by atoms with E-state index < -0.39 is 11.9 Å². The molecule has 0 radical (unpaired) electrons. The van der Waals surface area contributed by atoms with Crippen LogP contribution >= 0.6 is 11.6 Å². The SMILES string of the molecule is Cn1cc(C(F)(F)F)nc1-c1ccc(Cn2cc3cnc(Cl)nc3n2)cc1. The molecule has 4 rings (SSSR count). The minimum absolute atomic E-state index is 0.130. The molecule has 0 saturated carbocycles. The van der Waals surface area contributed by atoms with Gasteiger partial charge in [0, 0.05) is 31.2 Å². The number of benzene rings is 1. The van der Waals surface area contributed by atoms with Gasteiger partial charge in [-0.3, -0.25) is 4.68 Å². The number of fused-ring (bicyclic) bond motifs is 1. The van der Waals surface area contributed by atoms with E-state index in [1.165, 1.54) is 11.6 Å². The number of halogens is 4. The molecule has 6 nitrogen and oxygen atoms in total. The molecule has 0 fully saturated rings. The lowest BCUT2D eigenvalue weighted by Gasteiger charge is -2.05. The second-order valence-electron chi connectivity index (χ2n) is 6.00. The second kappa shape index (κ2) is 6.34. The van der Waals surface area contributed by atoms with Crippen LogP contribution in [0.3, 0.4) is 0 Å². The van der Waals surface area contributed by atoms with E-state index in [0.717, 1.165) is 17.1 Å². The largest absolute Gasteiger partial charge is 0.434 e. The molecule has 0 aliphatic carbocycles. The topological polar surface area (TPSA) is 61.4 Å². The Morgan fingerprint density at radius 3 is 2.48 bits per heavy atom. The van der Waals surface area contributed by atoms with E-state index in [2.05, 4.69) is 20.1 Å². The van der Waals surface area contributed by atoms with Crippen LogP contribution < -0.4 is 0 Å². The standard InChI is InChI=1S/C17H12ClF3N6/c1-26-9-13(17(19,20)21)23-15(26)11-4-2-10(3-5-11)7-27-8-12-6-22-16(18)24-14(12)25-27/h2-6,8-9H,7H2,1H3. The number of hydrogen-bond acceptors (Lipinski definition) is 4. The fourth-order valence-corrected chi connectivity index (χ4v) is 2.87. The molecule has 0 amide bonds. The van der Waals surface area contributed by atoms with E-state index in [4.69, 9.17) is 11.6 Å². The maximum atomic E-state index is 12.8. The second-order valence-corrected chi connectivity index (χ2v) is 6.34. The van der Waals surface area contributed by atoms with Crippen molar-refractivity contribution in [2.45, 2.75) is 12.7 Å². The Bertz CT molecular complexity index is 1110. The van der Waals surface area contributed by atoms with Gasteiger partial charge in [-0.05, 0) is 17.2 Å². The molecule has 0 saturated heterocycles. The number of imidazole rings is 1. The smallest absolute Gasteiger partial charge is 0.333 e. The number of aryl methyl sites for hydroxylation is 1. The quantitative estimate of drug-likeness (QED) is 0.495. The van der Waals surface area contributed by atoms with Crippen molar-refractivity contribution in [2.24, 2.45) is 7.05 Å². The first-order chi connectivity index (χ1) is 12.8. The van der Waals surface area contributed by atoms with Crippen LogP contribution in [0.4, 0.5) is 13.2 Å². The summed E-state index contributed by atoms with van der Waals surface area (Å²) in [5.74, 6) is 0.253. The van der Waals surface area contributed by atoms with Gasteiger partial charge in [-0.15, -0.1) is 0 Å². The van der Waals surface area contributed by atoms with E-state index in [1.807, 2.05) is 12.1 Å². The molecule has 0 spiro atoms. The molecule has 4 aromatic rings. The summed E-state index contributed by atoms with van der Waals surface area (Å²) in [6, 6.07) is 7.11. The average Bonchev–Trinajstić information content (AvgIpc) is 3.18. The molecule has 0 N–H and O–H groups in total. The van der Waals surface area contributed by atoms with Crippen LogP contribution in [0.2, 0.25) is 5.28 Å². The number of aromatic nitrogens is 6. The van der Waals surface area contributed by atoms with Gasteiger partial charge in [0.1, 0.15) is 5.82 Å². The molecular formula is C17H12ClF3N6. The van der Waals surface area contributed by atoms with Gasteiger partial charge in [0.25, 0.3) is 0 Å². The van der Waals surface area contributed by atoms with Crippen molar-refractivity contribution in [2.75, 3.05) is 0 Å². The highest BCUT2D eigenvalue weighted by Gasteiger charge is 2.34. The summed E-state index contributed by atoms with van der Waals surface area (Å²) in [7, 11) is 1.53. The Morgan fingerprint density at radius 1 is 1.07 bits per heavy atom. The normalized spacial score (nSPS) is 12.0. The zero-order valence-corrected chi connectivity index (χ0v) is 14.7. The monoisotopic (exact) mass is 392 g/mol. The molecule has 0 bridgehead atoms. The highest BCUT2D eigenvalue weighted by atomic mass is 35.5. The molecule has 27 heavy (non-hydrogen) atoms. The molecular weight excluding hydrogens is 381 g/mol. The Hall–Kier alpha value is -2.94. The minimum atomic E-state index is -4.47. The Balaban J connectivity index is 1.57. The van der Waals surface area contributed by atoms with E-state index in [1.54, 1.807) is 29.2 Å². The van der Waals surface area contributed by atoms with Crippen molar-refractivity contribution >= 4 is 22.6 Å². The lowest BCUT2D eigenvalue weighted by molar-refractivity contribution is -0.140. The third-order valence-corrected chi connectivity index (χ3v) is 4.18. The fourth-order valence-electron chi connectivity index (χ4n) is 2.74. The lowest BCUT2D eigenvalue weighted by Crippen LogP contribution is -2.04.